The van der Waals surface area contributed by atoms with Crippen LogP contribution in [0, 0.1) is 6.92 Å². The summed E-state index contributed by atoms with van der Waals surface area (Å²) >= 11 is 0. The fraction of sp³-hybridized carbons (Fsp3) is 0.364. The number of hydrogen-bond donors (Lipinski definition) is 2. The first kappa shape index (κ1) is 11.5. The normalized spacial score (nSPS) is 12.1. The van der Waals surface area contributed by atoms with Gasteiger partial charge in [0.25, 0.3) is 0 Å². The van der Waals surface area contributed by atoms with E-state index < -0.39 is 11.9 Å². The molecule has 0 heterocycles. The van der Waals surface area contributed by atoms with Gasteiger partial charge in [0.05, 0.1) is 12.6 Å². The Morgan fingerprint density at radius 3 is 2.73 bits per heavy atom. The van der Waals surface area contributed by atoms with E-state index in [-0.39, 0.29) is 0 Å². The molecule has 0 unspecified atom stereocenters. The fourth-order valence-electron chi connectivity index (χ4n) is 1.16. The first-order chi connectivity index (χ1) is 7.11. The molecular formula is C11H16N2O2. The average Bonchev–Trinajstić information content (AvgIpc) is 2.20. The Morgan fingerprint density at radius 2 is 2.13 bits per heavy atom. The number of primary amides is 1. The maximum absolute atomic E-state index is 10.7. The highest BCUT2D eigenvalue weighted by Crippen LogP contribution is 2.16. The van der Waals surface area contributed by atoms with E-state index in [1.807, 2.05) is 31.2 Å². The number of rotatable bonds is 5. The molecule has 0 aromatic heterocycles. The van der Waals surface area contributed by atoms with Crippen LogP contribution in [0.25, 0.3) is 0 Å². The number of hydrogen-bond acceptors (Lipinski definition) is 3. The second-order valence-corrected chi connectivity index (χ2v) is 3.41. The third kappa shape index (κ3) is 3.59. The summed E-state index contributed by atoms with van der Waals surface area (Å²) in [7, 11) is 0. The molecule has 0 spiro atoms. The molecule has 4 nitrogen and oxygen atoms in total. The first-order valence-corrected chi connectivity index (χ1v) is 4.84. The van der Waals surface area contributed by atoms with E-state index in [2.05, 4.69) is 0 Å². The Kier molecular flexibility index (Phi) is 4.12. The van der Waals surface area contributed by atoms with E-state index in [4.69, 9.17) is 16.2 Å². The number of nitrogens with two attached hydrogens (primary N) is 2. The van der Waals surface area contributed by atoms with Gasteiger partial charge in [-0.2, -0.15) is 0 Å². The molecule has 4 N–H and O–H groups in total. The van der Waals surface area contributed by atoms with Crippen molar-refractivity contribution in [3.63, 3.8) is 0 Å². The van der Waals surface area contributed by atoms with Crippen molar-refractivity contribution in [1.29, 1.82) is 0 Å². The summed E-state index contributed by atoms with van der Waals surface area (Å²) in [6, 6.07) is 7.05. The predicted molar refractivity (Wildman–Crippen MR) is 58.5 cm³/mol. The van der Waals surface area contributed by atoms with E-state index in [1.54, 1.807) is 0 Å². The molecule has 0 aliphatic rings. The van der Waals surface area contributed by atoms with Crippen molar-refractivity contribution in [1.82, 2.24) is 0 Å². The van der Waals surface area contributed by atoms with Gasteiger partial charge < -0.3 is 16.2 Å². The van der Waals surface area contributed by atoms with Crippen molar-refractivity contribution < 1.29 is 9.53 Å². The van der Waals surface area contributed by atoms with Gasteiger partial charge in [-0.3, -0.25) is 4.79 Å². The molecule has 0 aliphatic carbocycles. The number of aryl methyl sites for hydroxylation is 1. The fourth-order valence-corrected chi connectivity index (χ4v) is 1.16. The number of carbonyl (C=O) groups excluding carboxylic acids is 1. The number of carbonyl (C=O) groups is 1. The molecule has 1 amide bonds. The molecule has 0 fully saturated rings. The van der Waals surface area contributed by atoms with E-state index in [0.29, 0.717) is 13.0 Å². The van der Waals surface area contributed by atoms with Crippen molar-refractivity contribution in [3.05, 3.63) is 29.8 Å². The zero-order valence-corrected chi connectivity index (χ0v) is 8.77. The lowest BCUT2D eigenvalue weighted by Crippen LogP contribution is -2.37. The van der Waals surface area contributed by atoms with Gasteiger partial charge in [-0.05, 0) is 18.6 Å². The topological polar surface area (TPSA) is 78.3 Å². The minimum atomic E-state index is -0.631. The molecule has 4 heteroatoms. The second kappa shape index (κ2) is 5.36. The predicted octanol–water partition coefficient (Wildman–Crippen LogP) is 0.577. The van der Waals surface area contributed by atoms with E-state index in [1.165, 1.54) is 0 Å². The summed E-state index contributed by atoms with van der Waals surface area (Å²) in [5.41, 5.74) is 11.6. The Labute approximate surface area is 89.2 Å². The molecule has 1 aromatic carbocycles. The minimum Gasteiger partial charge on any atom is -0.493 e. The SMILES string of the molecule is Cc1ccccc1OCC[C@H](N)C(N)=O. The van der Waals surface area contributed by atoms with Gasteiger partial charge in [0.2, 0.25) is 5.91 Å². The monoisotopic (exact) mass is 208 g/mol. The lowest BCUT2D eigenvalue weighted by molar-refractivity contribution is -0.119. The standard InChI is InChI=1S/C11H16N2O2/c1-8-4-2-3-5-10(8)15-7-6-9(12)11(13)14/h2-5,9H,6-7,12H2,1H3,(H2,13,14)/t9-/m0/s1. The largest absolute Gasteiger partial charge is 0.493 e. The number of ether oxygens (including phenoxy) is 1. The van der Waals surface area contributed by atoms with Gasteiger partial charge >= 0.3 is 0 Å². The van der Waals surface area contributed by atoms with Crippen LogP contribution in [-0.4, -0.2) is 18.6 Å². The highest BCUT2D eigenvalue weighted by atomic mass is 16.5. The highest BCUT2D eigenvalue weighted by Gasteiger charge is 2.08. The highest BCUT2D eigenvalue weighted by molar-refractivity contribution is 5.79. The van der Waals surface area contributed by atoms with Crippen LogP contribution in [0.1, 0.15) is 12.0 Å². The maximum Gasteiger partial charge on any atom is 0.234 e. The Hall–Kier alpha value is -1.55. The van der Waals surface area contributed by atoms with Crippen LogP contribution in [0.5, 0.6) is 5.75 Å². The molecule has 82 valence electrons. The number of amides is 1. The van der Waals surface area contributed by atoms with E-state index in [0.717, 1.165) is 11.3 Å². The smallest absolute Gasteiger partial charge is 0.234 e. The van der Waals surface area contributed by atoms with Crippen LogP contribution in [-0.2, 0) is 4.79 Å². The maximum atomic E-state index is 10.7. The second-order valence-electron chi connectivity index (χ2n) is 3.41. The summed E-state index contributed by atoms with van der Waals surface area (Å²) in [5, 5.41) is 0. The minimum absolute atomic E-state index is 0.398. The summed E-state index contributed by atoms with van der Waals surface area (Å²) in [6.45, 7) is 2.36. The molecule has 1 atom stereocenters. The first-order valence-electron chi connectivity index (χ1n) is 4.84. The van der Waals surface area contributed by atoms with Crippen LogP contribution in [0.2, 0.25) is 0 Å². The zero-order chi connectivity index (χ0) is 11.3. The molecule has 1 rings (SSSR count). The zero-order valence-electron chi connectivity index (χ0n) is 8.77. The van der Waals surface area contributed by atoms with E-state index >= 15 is 0 Å². The van der Waals surface area contributed by atoms with Gasteiger partial charge in [0.1, 0.15) is 5.75 Å². The lowest BCUT2D eigenvalue weighted by atomic mass is 10.2. The number of para-hydroxylation sites is 1. The van der Waals surface area contributed by atoms with Crippen molar-refractivity contribution >= 4 is 5.91 Å². The molecule has 0 aliphatic heterocycles. The quantitative estimate of drug-likeness (QED) is 0.742. The van der Waals surface area contributed by atoms with Gasteiger partial charge in [0, 0.05) is 6.42 Å². The Morgan fingerprint density at radius 1 is 1.47 bits per heavy atom. The summed E-state index contributed by atoms with van der Waals surface area (Å²) in [5.74, 6) is 0.317. The summed E-state index contributed by atoms with van der Waals surface area (Å²) in [4.78, 5) is 10.7. The average molecular weight is 208 g/mol. The summed E-state index contributed by atoms with van der Waals surface area (Å²) < 4.78 is 5.47. The molecule has 0 saturated heterocycles. The Bertz CT molecular complexity index is 339. The van der Waals surface area contributed by atoms with Gasteiger partial charge in [-0.25, -0.2) is 0 Å². The van der Waals surface area contributed by atoms with Crippen LogP contribution < -0.4 is 16.2 Å². The van der Waals surface area contributed by atoms with Gasteiger partial charge in [-0.15, -0.1) is 0 Å². The summed E-state index contributed by atoms with van der Waals surface area (Å²) in [6.07, 6.45) is 0.434. The van der Waals surface area contributed by atoms with Crippen LogP contribution in [0.3, 0.4) is 0 Å². The number of benzene rings is 1. The van der Waals surface area contributed by atoms with Crippen LogP contribution in [0.15, 0.2) is 24.3 Å². The third-order valence-electron chi connectivity index (χ3n) is 2.15. The molecule has 0 radical (unpaired) electrons. The van der Waals surface area contributed by atoms with Gasteiger partial charge in [-0.1, -0.05) is 18.2 Å². The molecule has 1 aromatic rings. The van der Waals surface area contributed by atoms with Crippen LogP contribution in [0.4, 0.5) is 0 Å². The van der Waals surface area contributed by atoms with Crippen molar-refractivity contribution in [2.45, 2.75) is 19.4 Å². The third-order valence-corrected chi connectivity index (χ3v) is 2.15. The lowest BCUT2D eigenvalue weighted by Gasteiger charge is -2.10. The molecular weight excluding hydrogens is 192 g/mol. The van der Waals surface area contributed by atoms with Crippen LogP contribution >= 0.6 is 0 Å². The van der Waals surface area contributed by atoms with Gasteiger partial charge in [0.15, 0.2) is 0 Å². The van der Waals surface area contributed by atoms with Crippen molar-refractivity contribution in [2.24, 2.45) is 11.5 Å². The molecule has 15 heavy (non-hydrogen) atoms. The molecule has 0 saturated carbocycles. The van der Waals surface area contributed by atoms with E-state index in [9.17, 15) is 4.79 Å². The molecule has 0 bridgehead atoms. The van der Waals surface area contributed by atoms with Crippen molar-refractivity contribution in [2.75, 3.05) is 6.61 Å². The Balaban J connectivity index is 2.38. The van der Waals surface area contributed by atoms with Crippen molar-refractivity contribution in [3.8, 4) is 5.75 Å².